The second kappa shape index (κ2) is 2.32. The van der Waals surface area contributed by atoms with E-state index in [0.29, 0.717) is 12.5 Å². The van der Waals surface area contributed by atoms with Gasteiger partial charge in [-0.3, -0.25) is 0 Å². The van der Waals surface area contributed by atoms with Gasteiger partial charge >= 0.3 is 0 Å². The van der Waals surface area contributed by atoms with Crippen molar-refractivity contribution >= 4 is 0 Å². The van der Waals surface area contributed by atoms with E-state index >= 15 is 0 Å². The standard InChI is InChI=1S/C9H13N3O/c10-5-9(3-4-9)8-11-7(12-13-8)6-1-2-6/h6H,1-5,10H2. The van der Waals surface area contributed by atoms with Crippen molar-refractivity contribution in [3.8, 4) is 0 Å². The molecule has 2 saturated carbocycles. The number of rotatable bonds is 3. The second-order valence-corrected chi connectivity index (χ2v) is 4.22. The molecule has 2 aliphatic carbocycles. The lowest BCUT2D eigenvalue weighted by Crippen LogP contribution is -2.20. The van der Waals surface area contributed by atoms with Crippen LogP contribution in [0.3, 0.4) is 0 Å². The van der Waals surface area contributed by atoms with Gasteiger partial charge in [0, 0.05) is 12.5 Å². The first-order chi connectivity index (χ1) is 6.34. The SMILES string of the molecule is NCC1(c2nc(C3CC3)no2)CC1. The zero-order valence-electron chi connectivity index (χ0n) is 7.49. The van der Waals surface area contributed by atoms with Crippen molar-refractivity contribution in [1.29, 1.82) is 0 Å². The molecule has 1 aromatic rings. The Morgan fingerprint density at radius 2 is 2.23 bits per heavy atom. The highest BCUT2D eigenvalue weighted by molar-refractivity contribution is 5.17. The molecule has 0 aliphatic heterocycles. The van der Waals surface area contributed by atoms with Crippen LogP contribution in [-0.2, 0) is 5.41 Å². The Labute approximate surface area is 76.5 Å². The Balaban J connectivity index is 1.88. The van der Waals surface area contributed by atoms with Gasteiger partial charge in [0.25, 0.3) is 0 Å². The third-order valence-corrected chi connectivity index (χ3v) is 3.08. The highest BCUT2D eigenvalue weighted by Crippen LogP contribution is 2.47. The molecule has 0 bridgehead atoms. The molecule has 2 N–H and O–H groups in total. The van der Waals surface area contributed by atoms with Crippen molar-refractivity contribution in [2.24, 2.45) is 5.73 Å². The number of hydrogen-bond donors (Lipinski definition) is 1. The normalized spacial score (nSPS) is 24.7. The molecule has 0 atom stereocenters. The maximum atomic E-state index is 5.67. The lowest BCUT2D eigenvalue weighted by Gasteiger charge is -2.03. The highest BCUT2D eigenvalue weighted by Gasteiger charge is 2.48. The predicted octanol–water partition coefficient (Wildman–Crippen LogP) is 0.937. The van der Waals surface area contributed by atoms with E-state index in [0.717, 1.165) is 24.6 Å². The molecule has 0 aromatic carbocycles. The molecule has 0 amide bonds. The Morgan fingerprint density at radius 1 is 1.46 bits per heavy atom. The molecule has 1 heterocycles. The van der Waals surface area contributed by atoms with Crippen LogP contribution in [0, 0.1) is 0 Å². The number of nitrogens with zero attached hydrogens (tertiary/aromatic N) is 2. The van der Waals surface area contributed by atoms with Gasteiger partial charge in [-0.05, 0) is 25.7 Å². The first kappa shape index (κ1) is 7.50. The first-order valence-corrected chi connectivity index (χ1v) is 4.88. The van der Waals surface area contributed by atoms with Gasteiger partial charge in [-0.2, -0.15) is 4.98 Å². The summed E-state index contributed by atoms with van der Waals surface area (Å²) in [6.07, 6.45) is 4.65. The zero-order valence-corrected chi connectivity index (χ0v) is 7.49. The van der Waals surface area contributed by atoms with Crippen LogP contribution in [-0.4, -0.2) is 16.7 Å². The lowest BCUT2D eigenvalue weighted by atomic mass is 10.1. The van der Waals surface area contributed by atoms with Crippen molar-refractivity contribution < 1.29 is 4.52 Å². The second-order valence-electron chi connectivity index (χ2n) is 4.22. The van der Waals surface area contributed by atoms with Crippen LogP contribution in [0.4, 0.5) is 0 Å². The number of aromatic nitrogens is 2. The van der Waals surface area contributed by atoms with E-state index in [-0.39, 0.29) is 5.41 Å². The first-order valence-electron chi connectivity index (χ1n) is 4.88. The third-order valence-electron chi connectivity index (χ3n) is 3.08. The molecule has 4 nitrogen and oxygen atoms in total. The number of hydrogen-bond acceptors (Lipinski definition) is 4. The molecule has 4 heteroatoms. The van der Waals surface area contributed by atoms with E-state index < -0.39 is 0 Å². The summed E-state index contributed by atoms with van der Waals surface area (Å²) in [5.74, 6) is 2.25. The molecule has 0 spiro atoms. The van der Waals surface area contributed by atoms with Gasteiger partial charge in [-0.1, -0.05) is 5.16 Å². The molecule has 3 rings (SSSR count). The summed E-state index contributed by atoms with van der Waals surface area (Å²) < 4.78 is 5.24. The van der Waals surface area contributed by atoms with Crippen LogP contribution in [0.15, 0.2) is 4.52 Å². The molecular weight excluding hydrogens is 166 g/mol. The van der Waals surface area contributed by atoms with E-state index in [4.69, 9.17) is 10.3 Å². The summed E-state index contributed by atoms with van der Waals surface area (Å²) in [6, 6.07) is 0. The van der Waals surface area contributed by atoms with Crippen LogP contribution in [0.5, 0.6) is 0 Å². The van der Waals surface area contributed by atoms with Gasteiger partial charge in [-0.25, -0.2) is 0 Å². The van der Waals surface area contributed by atoms with Gasteiger partial charge in [0.2, 0.25) is 5.89 Å². The molecule has 0 radical (unpaired) electrons. The molecule has 70 valence electrons. The smallest absolute Gasteiger partial charge is 0.234 e. The fraction of sp³-hybridized carbons (Fsp3) is 0.778. The van der Waals surface area contributed by atoms with Crippen molar-refractivity contribution in [3.05, 3.63) is 11.7 Å². The topological polar surface area (TPSA) is 64.9 Å². The summed E-state index contributed by atoms with van der Waals surface area (Å²) in [7, 11) is 0. The summed E-state index contributed by atoms with van der Waals surface area (Å²) in [5, 5.41) is 3.99. The Kier molecular flexibility index (Phi) is 1.34. The average Bonchev–Trinajstić information content (AvgIpc) is 3.07. The van der Waals surface area contributed by atoms with Crippen molar-refractivity contribution in [3.63, 3.8) is 0 Å². The van der Waals surface area contributed by atoms with Gasteiger partial charge in [-0.15, -0.1) is 0 Å². The van der Waals surface area contributed by atoms with Gasteiger partial charge in [0.15, 0.2) is 5.82 Å². The van der Waals surface area contributed by atoms with E-state index in [1.807, 2.05) is 0 Å². The fourth-order valence-electron chi connectivity index (χ4n) is 1.61. The minimum Gasteiger partial charge on any atom is -0.339 e. The molecule has 13 heavy (non-hydrogen) atoms. The van der Waals surface area contributed by atoms with Gasteiger partial charge < -0.3 is 10.3 Å². The molecule has 0 unspecified atom stereocenters. The van der Waals surface area contributed by atoms with Crippen LogP contribution >= 0.6 is 0 Å². The minimum absolute atomic E-state index is 0.0557. The van der Waals surface area contributed by atoms with E-state index in [1.54, 1.807) is 0 Å². The molecule has 2 aliphatic rings. The van der Waals surface area contributed by atoms with Crippen LogP contribution in [0.2, 0.25) is 0 Å². The van der Waals surface area contributed by atoms with Crippen molar-refractivity contribution in [1.82, 2.24) is 10.1 Å². The molecule has 1 aromatic heterocycles. The maximum absolute atomic E-state index is 5.67. The van der Waals surface area contributed by atoms with Gasteiger partial charge in [0.05, 0.1) is 5.41 Å². The summed E-state index contributed by atoms with van der Waals surface area (Å²) in [6.45, 7) is 0.638. The molecule has 2 fully saturated rings. The maximum Gasteiger partial charge on any atom is 0.234 e. The van der Waals surface area contributed by atoms with E-state index in [2.05, 4.69) is 10.1 Å². The lowest BCUT2D eigenvalue weighted by molar-refractivity contribution is 0.343. The monoisotopic (exact) mass is 179 g/mol. The minimum atomic E-state index is 0.0557. The third kappa shape index (κ3) is 1.09. The fourth-order valence-corrected chi connectivity index (χ4v) is 1.61. The molecular formula is C9H13N3O. The summed E-state index contributed by atoms with van der Waals surface area (Å²) >= 11 is 0. The Morgan fingerprint density at radius 3 is 2.77 bits per heavy atom. The molecule has 0 saturated heterocycles. The summed E-state index contributed by atoms with van der Waals surface area (Å²) in [5.41, 5.74) is 5.73. The van der Waals surface area contributed by atoms with Crippen molar-refractivity contribution in [2.75, 3.05) is 6.54 Å². The van der Waals surface area contributed by atoms with E-state index in [9.17, 15) is 0 Å². The Bertz CT molecular complexity index is 325. The largest absolute Gasteiger partial charge is 0.339 e. The summed E-state index contributed by atoms with van der Waals surface area (Å²) in [4.78, 5) is 4.42. The number of nitrogens with two attached hydrogens (primary N) is 1. The van der Waals surface area contributed by atoms with Crippen LogP contribution < -0.4 is 5.73 Å². The van der Waals surface area contributed by atoms with Crippen molar-refractivity contribution in [2.45, 2.75) is 37.0 Å². The van der Waals surface area contributed by atoms with E-state index in [1.165, 1.54) is 12.8 Å². The highest BCUT2D eigenvalue weighted by atomic mass is 16.5. The van der Waals surface area contributed by atoms with Crippen LogP contribution in [0.25, 0.3) is 0 Å². The quantitative estimate of drug-likeness (QED) is 0.749. The predicted molar refractivity (Wildman–Crippen MR) is 46.2 cm³/mol. The zero-order chi connectivity index (χ0) is 8.89. The Hall–Kier alpha value is -0.900. The average molecular weight is 179 g/mol. The van der Waals surface area contributed by atoms with Crippen LogP contribution in [0.1, 0.15) is 43.3 Å². The van der Waals surface area contributed by atoms with Gasteiger partial charge in [0.1, 0.15) is 0 Å².